The minimum absolute atomic E-state index is 0.0632. The van der Waals surface area contributed by atoms with Crippen LogP contribution in [0.4, 0.5) is 13.2 Å². The molecule has 0 aliphatic rings. The summed E-state index contributed by atoms with van der Waals surface area (Å²) in [5.41, 5.74) is -1.62. The van der Waals surface area contributed by atoms with Crippen molar-refractivity contribution in [2.24, 2.45) is 14.1 Å². The Balaban J connectivity index is 2.46. The Morgan fingerprint density at radius 3 is 2.43 bits per heavy atom. The van der Waals surface area contributed by atoms with Gasteiger partial charge in [0.25, 0.3) is 5.56 Å². The molecule has 0 aromatic carbocycles. The van der Waals surface area contributed by atoms with Gasteiger partial charge in [0.05, 0.1) is 0 Å². The van der Waals surface area contributed by atoms with Gasteiger partial charge in [-0.15, -0.1) is 0 Å². The summed E-state index contributed by atoms with van der Waals surface area (Å²) in [6, 6.07) is 0. The summed E-state index contributed by atoms with van der Waals surface area (Å²) in [5.74, 6) is -1.00. The van der Waals surface area contributed by atoms with Gasteiger partial charge in [-0.2, -0.15) is 18.2 Å². The van der Waals surface area contributed by atoms with Gasteiger partial charge in [0, 0.05) is 14.1 Å². The minimum Gasteiger partial charge on any atom is -0.345 e. The van der Waals surface area contributed by atoms with Crippen molar-refractivity contribution >= 4 is 28.7 Å². The molecule has 8 nitrogen and oxygen atoms in total. The van der Waals surface area contributed by atoms with Crippen LogP contribution in [0.15, 0.2) is 9.59 Å². The van der Waals surface area contributed by atoms with E-state index in [-0.39, 0.29) is 16.4 Å². The van der Waals surface area contributed by atoms with Gasteiger partial charge in [-0.3, -0.25) is 23.3 Å². The number of carbonyl (C=O) groups excluding carboxylic acids is 1. The molecule has 0 radical (unpaired) electrons. The predicted octanol–water partition coefficient (Wildman–Crippen LogP) is -0.234. The molecule has 0 fully saturated rings. The normalized spacial score (nSPS) is 11.9. The highest BCUT2D eigenvalue weighted by molar-refractivity contribution is 6.29. The third kappa shape index (κ3) is 3.23. The average molecular weight is 354 g/mol. The maximum atomic E-state index is 12.2. The molecule has 0 aliphatic heterocycles. The van der Waals surface area contributed by atoms with Crippen LogP contribution in [0.1, 0.15) is 0 Å². The van der Waals surface area contributed by atoms with E-state index in [1.165, 1.54) is 14.1 Å². The van der Waals surface area contributed by atoms with E-state index in [0.717, 1.165) is 13.7 Å². The number of rotatable bonds is 3. The number of aromatic nitrogens is 4. The van der Waals surface area contributed by atoms with Gasteiger partial charge in [0.2, 0.25) is 11.2 Å². The van der Waals surface area contributed by atoms with E-state index in [1.54, 1.807) is 5.32 Å². The monoisotopic (exact) mass is 353 g/mol. The second-order valence-electron chi connectivity index (χ2n) is 4.74. The fourth-order valence-corrected chi connectivity index (χ4v) is 2.19. The van der Waals surface area contributed by atoms with E-state index in [1.807, 2.05) is 0 Å². The zero-order valence-electron chi connectivity index (χ0n) is 11.9. The number of aryl methyl sites for hydroxylation is 1. The summed E-state index contributed by atoms with van der Waals surface area (Å²) in [4.78, 5) is 39.4. The van der Waals surface area contributed by atoms with Crippen LogP contribution in [0, 0.1) is 0 Å². The molecule has 0 unspecified atom stereocenters. The summed E-state index contributed by atoms with van der Waals surface area (Å²) in [7, 11) is 2.57. The molecule has 1 amide bonds. The van der Waals surface area contributed by atoms with Crippen molar-refractivity contribution < 1.29 is 18.0 Å². The lowest BCUT2D eigenvalue weighted by molar-refractivity contribution is -0.138. The van der Waals surface area contributed by atoms with Crippen LogP contribution in [0.3, 0.4) is 0 Å². The number of carbonyl (C=O) groups is 1. The van der Waals surface area contributed by atoms with Crippen molar-refractivity contribution in [2.45, 2.75) is 12.7 Å². The minimum atomic E-state index is -4.56. The summed E-state index contributed by atoms with van der Waals surface area (Å²) >= 11 is 5.84. The molecule has 0 saturated heterocycles. The van der Waals surface area contributed by atoms with Crippen LogP contribution < -0.4 is 16.6 Å². The number of nitrogens with one attached hydrogen (secondary N) is 1. The highest BCUT2D eigenvalue weighted by Gasteiger charge is 2.28. The number of amides is 1. The first kappa shape index (κ1) is 17.1. The summed E-state index contributed by atoms with van der Waals surface area (Å²) in [6.07, 6.45) is -4.56. The van der Waals surface area contributed by atoms with Gasteiger partial charge in [-0.25, -0.2) is 4.79 Å². The Bertz CT molecular complexity index is 895. The van der Waals surface area contributed by atoms with Crippen molar-refractivity contribution in [3.63, 3.8) is 0 Å². The molecular formula is C11H11ClF3N5O3. The second-order valence-corrected chi connectivity index (χ2v) is 5.07. The molecule has 0 aliphatic carbocycles. The smallest absolute Gasteiger partial charge is 0.345 e. The van der Waals surface area contributed by atoms with Crippen LogP contribution in [0.5, 0.6) is 0 Å². The number of nitrogens with zero attached hydrogens (tertiary/aromatic N) is 4. The molecule has 12 heteroatoms. The summed E-state index contributed by atoms with van der Waals surface area (Å²) < 4.78 is 39.0. The van der Waals surface area contributed by atoms with Gasteiger partial charge in [-0.1, -0.05) is 0 Å². The maximum absolute atomic E-state index is 12.2. The third-order valence-corrected chi connectivity index (χ3v) is 3.38. The van der Waals surface area contributed by atoms with Gasteiger partial charge < -0.3 is 5.32 Å². The molecule has 2 rings (SSSR count). The zero-order chi connectivity index (χ0) is 17.5. The van der Waals surface area contributed by atoms with Crippen molar-refractivity contribution in [1.82, 2.24) is 24.0 Å². The van der Waals surface area contributed by atoms with Gasteiger partial charge in [0.15, 0.2) is 11.2 Å². The molecule has 126 valence electrons. The van der Waals surface area contributed by atoms with Crippen LogP contribution in [-0.2, 0) is 25.4 Å². The molecule has 0 spiro atoms. The molecule has 0 saturated carbocycles. The van der Waals surface area contributed by atoms with E-state index in [4.69, 9.17) is 11.6 Å². The van der Waals surface area contributed by atoms with E-state index < -0.39 is 36.4 Å². The lowest BCUT2D eigenvalue weighted by Gasteiger charge is -2.10. The zero-order valence-corrected chi connectivity index (χ0v) is 12.7. The number of alkyl halides is 3. The molecular weight excluding hydrogens is 343 g/mol. The topological polar surface area (TPSA) is 90.9 Å². The molecule has 0 atom stereocenters. The quantitative estimate of drug-likeness (QED) is 0.771. The molecule has 2 heterocycles. The second kappa shape index (κ2) is 5.72. The van der Waals surface area contributed by atoms with Crippen molar-refractivity contribution in [1.29, 1.82) is 0 Å². The van der Waals surface area contributed by atoms with Gasteiger partial charge in [0.1, 0.15) is 13.1 Å². The van der Waals surface area contributed by atoms with Crippen LogP contribution in [0.25, 0.3) is 11.2 Å². The first-order chi connectivity index (χ1) is 10.5. The Hall–Kier alpha value is -2.30. The molecule has 1 N–H and O–H groups in total. The summed E-state index contributed by atoms with van der Waals surface area (Å²) in [5, 5.41) is 1.37. The van der Waals surface area contributed by atoms with Crippen molar-refractivity contribution in [3.05, 3.63) is 26.1 Å². The van der Waals surface area contributed by atoms with Crippen LogP contribution >= 0.6 is 11.6 Å². The first-order valence-electron chi connectivity index (χ1n) is 6.18. The lowest BCUT2D eigenvalue weighted by atomic mass is 10.4. The average Bonchev–Trinajstić information content (AvgIpc) is 2.77. The van der Waals surface area contributed by atoms with Gasteiger partial charge in [-0.05, 0) is 11.6 Å². The Labute approximate surface area is 131 Å². The van der Waals surface area contributed by atoms with Crippen molar-refractivity contribution in [3.8, 4) is 0 Å². The molecule has 2 aromatic rings. The maximum Gasteiger partial charge on any atom is 0.405 e. The first-order valence-corrected chi connectivity index (χ1v) is 6.56. The van der Waals surface area contributed by atoms with Crippen LogP contribution in [-0.4, -0.2) is 37.3 Å². The Morgan fingerprint density at radius 1 is 1.26 bits per heavy atom. The molecule has 23 heavy (non-hydrogen) atoms. The number of hydrogen-bond acceptors (Lipinski definition) is 4. The van der Waals surface area contributed by atoms with E-state index >= 15 is 0 Å². The largest absolute Gasteiger partial charge is 0.405 e. The number of halogens is 4. The third-order valence-electron chi connectivity index (χ3n) is 3.09. The molecule has 0 bridgehead atoms. The fourth-order valence-electron chi connectivity index (χ4n) is 1.96. The SMILES string of the molecule is Cn1c(=O)c2c(nc(Cl)n2CC(=O)NCC(F)(F)F)n(C)c1=O. The van der Waals surface area contributed by atoms with E-state index in [9.17, 15) is 27.6 Å². The predicted molar refractivity (Wildman–Crippen MR) is 74.3 cm³/mol. The summed E-state index contributed by atoms with van der Waals surface area (Å²) in [6.45, 7) is -2.15. The van der Waals surface area contributed by atoms with E-state index in [0.29, 0.717) is 0 Å². The Morgan fingerprint density at radius 2 is 1.87 bits per heavy atom. The number of imidazole rings is 1. The fraction of sp³-hybridized carbons (Fsp3) is 0.455. The Kier molecular flexibility index (Phi) is 4.24. The van der Waals surface area contributed by atoms with E-state index in [2.05, 4.69) is 4.98 Å². The number of fused-ring (bicyclic) bond motifs is 1. The molecule has 2 aromatic heterocycles. The standard InChI is InChI=1S/C11H11ClF3N5O3/c1-18-7-6(8(22)19(2)10(18)23)20(9(12)17-7)3-5(21)16-4-11(13,14)15/h3-4H2,1-2H3,(H,16,21). The highest BCUT2D eigenvalue weighted by atomic mass is 35.5. The highest BCUT2D eigenvalue weighted by Crippen LogP contribution is 2.16. The van der Waals surface area contributed by atoms with Gasteiger partial charge >= 0.3 is 11.9 Å². The van der Waals surface area contributed by atoms with Crippen molar-refractivity contribution in [2.75, 3.05) is 6.54 Å². The number of hydrogen-bond donors (Lipinski definition) is 1. The van der Waals surface area contributed by atoms with Crippen LogP contribution in [0.2, 0.25) is 5.28 Å². The lowest BCUT2D eigenvalue weighted by Crippen LogP contribution is -2.39.